The first-order valence-corrected chi connectivity index (χ1v) is 6.90. The summed E-state index contributed by atoms with van der Waals surface area (Å²) in [6, 6.07) is 0. The third-order valence-electron chi connectivity index (χ3n) is 3.49. The fraction of sp³-hybridized carbons (Fsp3) is 0.750. The minimum atomic E-state index is -1.34. The highest BCUT2D eigenvalue weighted by molar-refractivity contribution is 5.18. The Kier molecular flexibility index (Phi) is 7.84. The van der Waals surface area contributed by atoms with Crippen molar-refractivity contribution in [2.45, 2.75) is 37.1 Å². The van der Waals surface area contributed by atoms with Gasteiger partial charge in [0.25, 0.3) is 5.79 Å². The van der Waals surface area contributed by atoms with Crippen molar-refractivity contribution >= 4 is 0 Å². The van der Waals surface area contributed by atoms with Gasteiger partial charge in [0.05, 0.1) is 6.61 Å². The van der Waals surface area contributed by atoms with Crippen LogP contribution in [0.25, 0.3) is 0 Å². The van der Waals surface area contributed by atoms with Gasteiger partial charge in [0.15, 0.2) is 6.10 Å². The maximum absolute atomic E-state index is 6.05. The lowest BCUT2D eigenvalue weighted by molar-refractivity contribution is -0.344. The topological polar surface area (TPSA) is 55.4 Å². The van der Waals surface area contributed by atoms with Crippen LogP contribution < -0.4 is 0 Å². The van der Waals surface area contributed by atoms with Crippen LogP contribution >= 0.6 is 0 Å². The van der Waals surface area contributed by atoms with Gasteiger partial charge in [0.1, 0.15) is 24.9 Å². The molecule has 1 fully saturated rings. The zero-order valence-corrected chi connectivity index (χ0v) is 13.8. The Morgan fingerprint density at radius 3 is 2.23 bits per heavy atom. The van der Waals surface area contributed by atoms with Gasteiger partial charge < -0.3 is 28.4 Å². The molecule has 0 amide bonds. The molecule has 0 bridgehead atoms. The average molecular weight is 312 g/mol. The Bertz CT molecular complexity index is 434. The van der Waals surface area contributed by atoms with Gasteiger partial charge in [-0.15, -0.1) is 12.3 Å². The Balaban J connectivity index is 3.25. The van der Waals surface area contributed by atoms with E-state index in [1.165, 1.54) is 7.11 Å². The summed E-state index contributed by atoms with van der Waals surface area (Å²) in [6.45, 7) is 2.01. The normalized spacial score (nSPS) is 34.5. The average Bonchev–Trinajstić information content (AvgIpc) is 2.52. The lowest BCUT2D eigenvalue weighted by atomic mass is 9.92. The molecule has 0 aromatic carbocycles. The molecule has 6 heteroatoms. The predicted molar refractivity (Wildman–Crippen MR) is 80.1 cm³/mol. The van der Waals surface area contributed by atoms with E-state index in [0.29, 0.717) is 6.61 Å². The Morgan fingerprint density at radius 2 is 1.77 bits per heavy atom. The van der Waals surface area contributed by atoms with E-state index in [9.17, 15) is 0 Å². The van der Waals surface area contributed by atoms with Crippen LogP contribution in [0.4, 0.5) is 0 Å². The highest BCUT2D eigenvalue weighted by Crippen LogP contribution is 2.35. The molecular formula is C16H24O6. The molecule has 0 aliphatic carbocycles. The van der Waals surface area contributed by atoms with Gasteiger partial charge in [-0.3, -0.25) is 0 Å². The van der Waals surface area contributed by atoms with E-state index < -0.39 is 30.2 Å². The van der Waals surface area contributed by atoms with Crippen molar-refractivity contribution in [2.24, 2.45) is 0 Å². The van der Waals surface area contributed by atoms with Crippen LogP contribution in [-0.4, -0.2) is 71.9 Å². The number of ether oxygens (including phenoxy) is 6. The number of terminal acetylenes is 1. The van der Waals surface area contributed by atoms with Crippen molar-refractivity contribution in [3.8, 4) is 24.2 Å². The summed E-state index contributed by atoms with van der Waals surface area (Å²) in [6.07, 6.45) is 3.38. The van der Waals surface area contributed by atoms with Crippen molar-refractivity contribution in [2.75, 3.05) is 41.7 Å². The molecule has 1 heterocycles. The second-order valence-electron chi connectivity index (χ2n) is 4.70. The summed E-state index contributed by atoms with van der Waals surface area (Å²) in [7, 11) is 6.27. The SMILES string of the molecule is C#CCO[C@@]1(C#CC)O[C@H](COC)[C@@H](OC)[C@H](OC)[C@H]1OC. The number of rotatable bonds is 7. The molecule has 1 saturated heterocycles. The summed E-state index contributed by atoms with van der Waals surface area (Å²) >= 11 is 0. The monoisotopic (exact) mass is 312 g/mol. The minimum Gasteiger partial charge on any atom is -0.382 e. The lowest BCUT2D eigenvalue weighted by Gasteiger charge is -2.48. The maximum Gasteiger partial charge on any atom is 0.264 e. The molecule has 6 nitrogen and oxygen atoms in total. The summed E-state index contributed by atoms with van der Waals surface area (Å²) in [5, 5.41) is 0. The summed E-state index contributed by atoms with van der Waals surface area (Å²) in [4.78, 5) is 0. The molecular weight excluding hydrogens is 288 g/mol. The van der Waals surface area contributed by atoms with Crippen LogP contribution in [0.1, 0.15) is 6.92 Å². The Hall–Kier alpha value is -1.12. The van der Waals surface area contributed by atoms with Gasteiger partial charge >= 0.3 is 0 Å². The van der Waals surface area contributed by atoms with Gasteiger partial charge in [-0.05, 0) is 12.8 Å². The van der Waals surface area contributed by atoms with Crippen molar-refractivity contribution in [1.82, 2.24) is 0 Å². The minimum absolute atomic E-state index is 0.0301. The number of hydrogen-bond donors (Lipinski definition) is 0. The van der Waals surface area contributed by atoms with Crippen molar-refractivity contribution in [1.29, 1.82) is 0 Å². The molecule has 0 aromatic rings. The quantitative estimate of drug-likeness (QED) is 0.636. The molecule has 0 radical (unpaired) electrons. The molecule has 1 rings (SSSR count). The lowest BCUT2D eigenvalue weighted by Crippen LogP contribution is -2.67. The zero-order chi connectivity index (χ0) is 16.6. The van der Waals surface area contributed by atoms with Crippen LogP contribution in [0, 0.1) is 24.2 Å². The van der Waals surface area contributed by atoms with E-state index in [4.69, 9.17) is 34.8 Å². The largest absolute Gasteiger partial charge is 0.382 e. The fourth-order valence-electron chi connectivity index (χ4n) is 2.66. The van der Waals surface area contributed by atoms with Crippen LogP contribution in [0.2, 0.25) is 0 Å². The second kappa shape index (κ2) is 9.12. The fourth-order valence-corrected chi connectivity index (χ4v) is 2.66. The molecule has 22 heavy (non-hydrogen) atoms. The Morgan fingerprint density at radius 1 is 1.09 bits per heavy atom. The van der Waals surface area contributed by atoms with Crippen molar-refractivity contribution in [3.63, 3.8) is 0 Å². The van der Waals surface area contributed by atoms with E-state index in [-0.39, 0.29) is 6.61 Å². The van der Waals surface area contributed by atoms with E-state index in [1.54, 1.807) is 28.3 Å². The molecule has 1 aliphatic heterocycles. The van der Waals surface area contributed by atoms with Crippen LogP contribution in [0.15, 0.2) is 0 Å². The van der Waals surface area contributed by atoms with E-state index in [2.05, 4.69) is 17.8 Å². The van der Waals surface area contributed by atoms with Gasteiger partial charge in [-0.25, -0.2) is 0 Å². The summed E-state index contributed by atoms with van der Waals surface area (Å²) in [5.74, 6) is 6.81. The van der Waals surface area contributed by atoms with Crippen molar-refractivity contribution < 1.29 is 28.4 Å². The van der Waals surface area contributed by atoms with Gasteiger partial charge in [-0.2, -0.15) is 0 Å². The zero-order valence-electron chi connectivity index (χ0n) is 13.8. The molecule has 1 aliphatic rings. The third-order valence-corrected chi connectivity index (χ3v) is 3.49. The molecule has 0 unspecified atom stereocenters. The van der Waals surface area contributed by atoms with Gasteiger partial charge in [0, 0.05) is 28.4 Å². The molecule has 0 saturated carbocycles. The highest BCUT2D eigenvalue weighted by atomic mass is 16.7. The third kappa shape index (κ3) is 3.80. The Labute approximate surface area is 132 Å². The molecule has 124 valence electrons. The van der Waals surface area contributed by atoms with Gasteiger partial charge in [0.2, 0.25) is 0 Å². The van der Waals surface area contributed by atoms with Gasteiger partial charge in [-0.1, -0.05) is 5.92 Å². The van der Waals surface area contributed by atoms with E-state index in [1.807, 2.05) is 0 Å². The summed E-state index contributed by atoms with van der Waals surface area (Å²) in [5.41, 5.74) is 0. The number of methoxy groups -OCH3 is 4. The molecule has 0 aromatic heterocycles. The first-order chi connectivity index (χ1) is 10.6. The summed E-state index contributed by atoms with van der Waals surface area (Å²) < 4.78 is 33.6. The van der Waals surface area contributed by atoms with E-state index >= 15 is 0 Å². The van der Waals surface area contributed by atoms with E-state index in [0.717, 1.165) is 0 Å². The molecule has 5 atom stereocenters. The molecule has 0 spiro atoms. The first kappa shape index (κ1) is 18.9. The van der Waals surface area contributed by atoms with Crippen LogP contribution in [0.5, 0.6) is 0 Å². The molecule has 0 N–H and O–H groups in total. The second-order valence-corrected chi connectivity index (χ2v) is 4.70. The first-order valence-electron chi connectivity index (χ1n) is 6.90. The smallest absolute Gasteiger partial charge is 0.264 e. The van der Waals surface area contributed by atoms with Crippen LogP contribution in [0.3, 0.4) is 0 Å². The maximum atomic E-state index is 6.05. The van der Waals surface area contributed by atoms with Crippen molar-refractivity contribution in [3.05, 3.63) is 0 Å². The highest BCUT2D eigenvalue weighted by Gasteiger charge is 2.56. The predicted octanol–water partition coefficient (Wildman–Crippen LogP) is 0.446. The standard InChI is InChI=1S/C16H24O6/c1-7-9-16(21-10-8-2)15(20-6)14(19-5)13(18-4)12(22-16)11-17-3/h2,12-15H,10-11H2,1,3-6H3/t12-,13-,14+,15-,16+/m1/s1. The number of hydrogen-bond acceptors (Lipinski definition) is 6. The van der Waals surface area contributed by atoms with Crippen LogP contribution in [-0.2, 0) is 28.4 Å².